The highest BCUT2D eigenvalue weighted by atomic mass is 16.7. The zero-order valence-corrected chi connectivity index (χ0v) is 9.84. The highest BCUT2D eigenvalue weighted by Gasteiger charge is 2.25. The average molecular weight is 223 g/mol. The molecule has 0 fully saturated rings. The van der Waals surface area contributed by atoms with Gasteiger partial charge in [-0.05, 0) is 24.3 Å². The normalized spacial score (nSPS) is 17.9. The zero-order chi connectivity index (χ0) is 11.7. The van der Waals surface area contributed by atoms with Crippen molar-refractivity contribution in [1.29, 1.82) is 0 Å². The molecule has 0 radical (unpaired) electrons. The third-order valence-corrected chi connectivity index (χ3v) is 3.23. The molecule has 0 spiro atoms. The van der Waals surface area contributed by atoms with Gasteiger partial charge in [-0.2, -0.15) is 0 Å². The molecule has 0 saturated carbocycles. The van der Waals surface area contributed by atoms with E-state index in [1.54, 1.807) is 0 Å². The maximum Gasteiger partial charge on any atom is 0.263 e. The van der Waals surface area contributed by atoms with Gasteiger partial charge in [-0.15, -0.1) is 0 Å². The first kappa shape index (κ1) is 10.2. The van der Waals surface area contributed by atoms with Crippen molar-refractivity contribution in [2.45, 2.75) is 6.10 Å². The fourth-order valence-electron chi connectivity index (χ4n) is 2.32. The number of fused-ring (bicyclic) bond motifs is 1. The van der Waals surface area contributed by atoms with E-state index < -0.39 is 0 Å². The first-order valence-corrected chi connectivity index (χ1v) is 5.83. The molecule has 0 amide bonds. The molecule has 1 heterocycles. The summed E-state index contributed by atoms with van der Waals surface area (Å²) in [5.74, 6) is 1.21. The van der Waals surface area contributed by atoms with Crippen LogP contribution in [0.1, 0.15) is 17.2 Å². The van der Waals surface area contributed by atoms with Crippen LogP contribution in [0.2, 0.25) is 0 Å². The van der Waals surface area contributed by atoms with Gasteiger partial charge in [0.2, 0.25) is 6.10 Å². The van der Waals surface area contributed by atoms with Crippen molar-refractivity contribution in [3.05, 3.63) is 71.8 Å². The number of rotatable bonds is 1. The van der Waals surface area contributed by atoms with E-state index in [2.05, 4.69) is 78.2 Å². The minimum absolute atomic E-state index is 0.256. The molecular weight excluding hydrogens is 208 g/mol. The van der Waals surface area contributed by atoms with Crippen molar-refractivity contribution in [1.82, 2.24) is 0 Å². The Morgan fingerprint density at radius 2 is 1.59 bits per heavy atom. The number of benzene rings is 2. The van der Waals surface area contributed by atoms with Crippen LogP contribution in [-0.2, 0) is 4.37 Å². The Bertz CT molecular complexity index is 542. The lowest BCUT2D eigenvalue weighted by atomic mass is 10.0. The Morgan fingerprint density at radius 3 is 2.41 bits per heavy atom. The Morgan fingerprint density at radius 1 is 0.882 bits per heavy atom. The highest BCUT2D eigenvalue weighted by Crippen LogP contribution is 2.41. The largest absolute Gasteiger partial charge is 0.565 e. The van der Waals surface area contributed by atoms with Gasteiger partial charge in [0, 0.05) is 17.7 Å². The summed E-state index contributed by atoms with van der Waals surface area (Å²) in [5.41, 5.74) is 2.55. The quantitative estimate of drug-likeness (QED) is 0.632. The molecule has 0 aromatic heterocycles. The monoisotopic (exact) mass is 223 g/mol. The maximum absolute atomic E-state index is 3.21. The predicted octanol–water partition coefficient (Wildman–Crippen LogP) is 4.35. The van der Waals surface area contributed by atoms with Crippen molar-refractivity contribution in [3.63, 3.8) is 0 Å². The molecule has 1 heteroatoms. The summed E-state index contributed by atoms with van der Waals surface area (Å²) < 4.78 is 3.21. The molecular formula is C16H15O+. The van der Waals surface area contributed by atoms with Crippen LogP contribution >= 0.6 is 0 Å². The molecule has 0 bridgehead atoms. The third kappa shape index (κ3) is 1.74. The summed E-state index contributed by atoms with van der Waals surface area (Å²) in [5, 5.41) is 0. The molecule has 17 heavy (non-hydrogen) atoms. The van der Waals surface area contributed by atoms with E-state index in [0.717, 1.165) is 0 Å². The van der Waals surface area contributed by atoms with Crippen LogP contribution in [-0.4, -0.2) is 7.11 Å². The van der Waals surface area contributed by atoms with Gasteiger partial charge in [0.1, 0.15) is 0 Å². The molecule has 1 atom stereocenters. The number of hydrogen-bond acceptors (Lipinski definition) is 0. The van der Waals surface area contributed by atoms with Crippen molar-refractivity contribution >= 4 is 6.08 Å². The fourth-order valence-corrected chi connectivity index (χ4v) is 2.32. The summed E-state index contributed by atoms with van der Waals surface area (Å²) in [4.78, 5) is 0. The molecule has 1 unspecified atom stereocenters. The lowest BCUT2D eigenvalue weighted by Crippen LogP contribution is -2.12. The van der Waals surface area contributed by atoms with E-state index in [0.29, 0.717) is 0 Å². The molecule has 1 aliphatic heterocycles. The molecule has 1 aliphatic rings. The van der Waals surface area contributed by atoms with Gasteiger partial charge in [-0.1, -0.05) is 30.3 Å². The molecule has 0 aliphatic carbocycles. The van der Waals surface area contributed by atoms with E-state index in [1.165, 1.54) is 16.9 Å². The second-order valence-corrected chi connectivity index (χ2v) is 4.29. The topological polar surface area (TPSA) is 2.70 Å². The van der Waals surface area contributed by atoms with E-state index >= 15 is 0 Å². The molecule has 3 rings (SSSR count). The number of hydrogen-bond donors (Lipinski definition) is 0. The lowest BCUT2D eigenvalue weighted by Gasteiger charge is -2.30. The van der Waals surface area contributed by atoms with Gasteiger partial charge >= 0.3 is 0 Å². The molecule has 84 valence electrons. The smallest absolute Gasteiger partial charge is 0.263 e. The summed E-state index contributed by atoms with van der Waals surface area (Å²) >= 11 is 0. The van der Waals surface area contributed by atoms with E-state index in [4.69, 9.17) is 0 Å². The second-order valence-electron chi connectivity index (χ2n) is 4.29. The summed E-state index contributed by atoms with van der Waals surface area (Å²) in [6, 6.07) is 18.9. The predicted molar refractivity (Wildman–Crippen MR) is 71.1 cm³/mol. The van der Waals surface area contributed by atoms with Gasteiger partial charge < -0.3 is 4.37 Å². The Balaban J connectivity index is 2.03. The van der Waals surface area contributed by atoms with Crippen LogP contribution in [0.25, 0.3) is 6.08 Å². The SMILES string of the molecule is C[O+]1c2ccccc2C=CC1c1ccccc1. The lowest BCUT2D eigenvalue weighted by molar-refractivity contribution is -0.0539. The van der Waals surface area contributed by atoms with Crippen molar-refractivity contribution in [2.24, 2.45) is 0 Å². The van der Waals surface area contributed by atoms with Gasteiger partial charge in [0.25, 0.3) is 5.75 Å². The van der Waals surface area contributed by atoms with Gasteiger partial charge in [-0.25, -0.2) is 0 Å². The maximum atomic E-state index is 3.21. The minimum Gasteiger partial charge on any atom is -0.565 e. The summed E-state index contributed by atoms with van der Waals surface area (Å²) in [6.45, 7) is 0. The minimum atomic E-state index is 0.256. The van der Waals surface area contributed by atoms with Crippen molar-refractivity contribution in [2.75, 3.05) is 7.11 Å². The van der Waals surface area contributed by atoms with Crippen LogP contribution in [0.4, 0.5) is 0 Å². The van der Waals surface area contributed by atoms with Crippen LogP contribution in [0, 0.1) is 0 Å². The van der Waals surface area contributed by atoms with Crippen molar-refractivity contribution < 1.29 is 4.37 Å². The third-order valence-electron chi connectivity index (χ3n) is 3.23. The molecule has 0 N–H and O–H groups in total. The summed E-state index contributed by atoms with van der Waals surface area (Å²) in [7, 11) is 2.07. The summed E-state index contributed by atoms with van der Waals surface area (Å²) in [6.07, 6.45) is 4.67. The highest BCUT2D eigenvalue weighted by molar-refractivity contribution is 5.60. The van der Waals surface area contributed by atoms with Gasteiger partial charge in [0.05, 0.1) is 5.56 Å². The van der Waals surface area contributed by atoms with Crippen LogP contribution in [0.3, 0.4) is 0 Å². The standard InChI is InChI=1S/C16H15O/c1-17-15-10-6-5-9-14(15)11-12-16(17)13-7-3-2-4-8-13/h2-12,16H,1H3/q+1. The van der Waals surface area contributed by atoms with E-state index in [1.807, 2.05) is 0 Å². The van der Waals surface area contributed by atoms with Gasteiger partial charge in [0.15, 0.2) is 7.11 Å². The Labute approximate surface area is 102 Å². The fraction of sp³-hybridized carbons (Fsp3) is 0.125. The average Bonchev–Trinajstić information content (AvgIpc) is 2.40. The number of para-hydroxylation sites is 1. The van der Waals surface area contributed by atoms with E-state index in [9.17, 15) is 0 Å². The Kier molecular flexibility index (Phi) is 2.45. The Hall–Kier alpha value is -2.02. The first-order valence-electron chi connectivity index (χ1n) is 5.83. The van der Waals surface area contributed by atoms with Crippen LogP contribution in [0.5, 0.6) is 5.75 Å². The van der Waals surface area contributed by atoms with Crippen LogP contribution in [0.15, 0.2) is 60.7 Å². The van der Waals surface area contributed by atoms with E-state index in [-0.39, 0.29) is 6.10 Å². The molecule has 2 aromatic rings. The zero-order valence-electron chi connectivity index (χ0n) is 9.84. The molecule has 1 nitrogen and oxygen atoms in total. The molecule has 0 saturated heterocycles. The van der Waals surface area contributed by atoms with Crippen molar-refractivity contribution in [3.8, 4) is 5.75 Å². The first-order chi connectivity index (χ1) is 8.36. The second kappa shape index (κ2) is 4.10. The van der Waals surface area contributed by atoms with Gasteiger partial charge in [-0.3, -0.25) is 0 Å². The van der Waals surface area contributed by atoms with Crippen LogP contribution < -0.4 is 0 Å². The molecule has 2 aromatic carbocycles.